The van der Waals surface area contributed by atoms with Crippen molar-refractivity contribution < 1.29 is 9.53 Å². The fourth-order valence-corrected chi connectivity index (χ4v) is 3.83. The topological polar surface area (TPSA) is 54.5 Å². The number of benzene rings is 1. The SMILES string of the molecule is O=C(Nc1cncc2c1CCN(Cc1ccccc1)C2)C1CCOCC1. The molecule has 2 aliphatic heterocycles. The van der Waals surface area contributed by atoms with Gasteiger partial charge < -0.3 is 10.1 Å². The summed E-state index contributed by atoms with van der Waals surface area (Å²) in [7, 11) is 0. The molecule has 1 aromatic carbocycles. The molecule has 136 valence electrons. The summed E-state index contributed by atoms with van der Waals surface area (Å²) in [6.45, 7) is 4.17. The van der Waals surface area contributed by atoms with E-state index >= 15 is 0 Å². The minimum atomic E-state index is 0.0535. The summed E-state index contributed by atoms with van der Waals surface area (Å²) in [6.07, 6.45) is 6.28. The van der Waals surface area contributed by atoms with Gasteiger partial charge in [0.1, 0.15) is 0 Å². The predicted molar refractivity (Wildman–Crippen MR) is 101 cm³/mol. The van der Waals surface area contributed by atoms with Crippen LogP contribution in [0.4, 0.5) is 5.69 Å². The summed E-state index contributed by atoms with van der Waals surface area (Å²) >= 11 is 0. The van der Waals surface area contributed by atoms with Crippen molar-refractivity contribution in [3.8, 4) is 0 Å². The van der Waals surface area contributed by atoms with Crippen LogP contribution in [0, 0.1) is 5.92 Å². The van der Waals surface area contributed by atoms with Crippen LogP contribution in [0.15, 0.2) is 42.7 Å². The van der Waals surface area contributed by atoms with Gasteiger partial charge in [0, 0.05) is 45.0 Å². The van der Waals surface area contributed by atoms with Crippen molar-refractivity contribution in [2.75, 3.05) is 25.1 Å². The summed E-state index contributed by atoms with van der Waals surface area (Å²) in [5.74, 6) is 0.160. The number of pyridine rings is 1. The maximum atomic E-state index is 12.6. The zero-order valence-corrected chi connectivity index (χ0v) is 15.0. The quantitative estimate of drug-likeness (QED) is 0.920. The molecule has 0 bridgehead atoms. The number of hydrogen-bond donors (Lipinski definition) is 1. The molecule has 5 heteroatoms. The highest BCUT2D eigenvalue weighted by Crippen LogP contribution is 2.27. The molecule has 3 heterocycles. The molecule has 4 rings (SSSR count). The summed E-state index contributed by atoms with van der Waals surface area (Å²) in [6, 6.07) is 10.5. The number of nitrogens with zero attached hydrogens (tertiary/aromatic N) is 2. The van der Waals surface area contributed by atoms with Crippen molar-refractivity contribution in [3.05, 3.63) is 59.4 Å². The molecule has 0 radical (unpaired) electrons. The Morgan fingerprint density at radius 3 is 2.81 bits per heavy atom. The number of carbonyl (C=O) groups is 1. The van der Waals surface area contributed by atoms with Crippen LogP contribution < -0.4 is 5.32 Å². The zero-order chi connectivity index (χ0) is 17.8. The molecule has 26 heavy (non-hydrogen) atoms. The van der Waals surface area contributed by atoms with Gasteiger partial charge in [-0.25, -0.2) is 0 Å². The van der Waals surface area contributed by atoms with E-state index in [1.54, 1.807) is 6.20 Å². The zero-order valence-electron chi connectivity index (χ0n) is 15.0. The number of carbonyl (C=O) groups excluding carboxylic acids is 1. The number of nitrogens with one attached hydrogen (secondary N) is 1. The summed E-state index contributed by atoms with van der Waals surface area (Å²) in [4.78, 5) is 19.4. The Balaban J connectivity index is 1.44. The van der Waals surface area contributed by atoms with Crippen molar-refractivity contribution in [1.82, 2.24) is 9.88 Å². The maximum absolute atomic E-state index is 12.6. The second-order valence-electron chi connectivity index (χ2n) is 7.15. The van der Waals surface area contributed by atoms with Crippen LogP contribution >= 0.6 is 0 Å². The van der Waals surface area contributed by atoms with E-state index in [2.05, 4.69) is 39.5 Å². The highest BCUT2D eigenvalue weighted by Gasteiger charge is 2.24. The Morgan fingerprint density at radius 2 is 2.00 bits per heavy atom. The van der Waals surface area contributed by atoms with E-state index in [0.29, 0.717) is 13.2 Å². The number of anilines is 1. The summed E-state index contributed by atoms with van der Waals surface area (Å²) < 4.78 is 5.35. The van der Waals surface area contributed by atoms with Crippen molar-refractivity contribution in [2.45, 2.75) is 32.4 Å². The first-order valence-corrected chi connectivity index (χ1v) is 9.40. The van der Waals surface area contributed by atoms with Gasteiger partial charge in [-0.3, -0.25) is 14.7 Å². The molecule has 1 aromatic heterocycles. The van der Waals surface area contributed by atoms with Crippen molar-refractivity contribution in [1.29, 1.82) is 0 Å². The maximum Gasteiger partial charge on any atom is 0.227 e. The Hall–Kier alpha value is -2.24. The molecule has 0 saturated carbocycles. The lowest BCUT2D eigenvalue weighted by Crippen LogP contribution is -2.32. The average molecular weight is 351 g/mol. The molecule has 1 amide bonds. The molecule has 0 atom stereocenters. The Bertz CT molecular complexity index is 757. The second kappa shape index (κ2) is 7.98. The van der Waals surface area contributed by atoms with Crippen molar-refractivity contribution in [3.63, 3.8) is 0 Å². The van der Waals surface area contributed by atoms with Gasteiger partial charge in [-0.1, -0.05) is 30.3 Å². The number of aromatic nitrogens is 1. The summed E-state index contributed by atoms with van der Waals surface area (Å²) in [5, 5.41) is 3.13. The number of amides is 1. The lowest BCUT2D eigenvalue weighted by atomic mass is 9.97. The van der Waals surface area contributed by atoms with Gasteiger partial charge in [0.05, 0.1) is 11.9 Å². The molecule has 0 spiro atoms. The minimum Gasteiger partial charge on any atom is -0.381 e. The van der Waals surface area contributed by atoms with Gasteiger partial charge in [-0.15, -0.1) is 0 Å². The molecule has 0 unspecified atom stereocenters. The molecule has 1 fully saturated rings. The lowest BCUT2D eigenvalue weighted by molar-refractivity contribution is -0.122. The largest absolute Gasteiger partial charge is 0.381 e. The fraction of sp³-hybridized carbons (Fsp3) is 0.429. The third kappa shape index (κ3) is 3.94. The third-order valence-electron chi connectivity index (χ3n) is 5.32. The van der Waals surface area contributed by atoms with E-state index in [1.165, 1.54) is 16.7 Å². The van der Waals surface area contributed by atoms with Crippen LogP contribution in [0.25, 0.3) is 0 Å². The molecule has 1 saturated heterocycles. The third-order valence-corrected chi connectivity index (χ3v) is 5.32. The van der Waals surface area contributed by atoms with Crippen molar-refractivity contribution in [2.24, 2.45) is 5.92 Å². The van der Waals surface area contributed by atoms with Gasteiger partial charge in [-0.05, 0) is 36.0 Å². The van der Waals surface area contributed by atoms with E-state index in [0.717, 1.165) is 44.6 Å². The standard InChI is InChI=1S/C21H25N3O2/c25-21(17-7-10-26-11-8-17)23-20-13-22-12-18-15-24(9-6-19(18)20)14-16-4-2-1-3-5-16/h1-5,12-13,17H,6-11,14-15H2,(H,23,25). The Kier molecular flexibility index (Phi) is 5.27. The average Bonchev–Trinajstić information content (AvgIpc) is 2.69. The monoisotopic (exact) mass is 351 g/mol. The Morgan fingerprint density at radius 1 is 1.19 bits per heavy atom. The van der Waals surface area contributed by atoms with Gasteiger partial charge in [0.2, 0.25) is 5.91 Å². The van der Waals surface area contributed by atoms with E-state index in [4.69, 9.17) is 4.74 Å². The van der Waals surface area contributed by atoms with E-state index in [-0.39, 0.29) is 11.8 Å². The van der Waals surface area contributed by atoms with E-state index in [9.17, 15) is 4.79 Å². The molecule has 2 aromatic rings. The number of fused-ring (bicyclic) bond motifs is 1. The number of rotatable bonds is 4. The van der Waals surface area contributed by atoms with Gasteiger partial charge >= 0.3 is 0 Å². The number of hydrogen-bond acceptors (Lipinski definition) is 4. The van der Waals surface area contributed by atoms with Crippen molar-refractivity contribution >= 4 is 11.6 Å². The first kappa shape index (κ1) is 17.2. The summed E-state index contributed by atoms with van der Waals surface area (Å²) in [5.41, 5.74) is 4.67. The van der Waals surface area contributed by atoms with Crippen LogP contribution in [-0.4, -0.2) is 35.5 Å². The highest BCUT2D eigenvalue weighted by atomic mass is 16.5. The number of ether oxygens (including phenoxy) is 1. The minimum absolute atomic E-state index is 0.0535. The van der Waals surface area contributed by atoms with Crippen LogP contribution in [0.3, 0.4) is 0 Å². The van der Waals surface area contributed by atoms with Crippen LogP contribution in [0.5, 0.6) is 0 Å². The molecule has 1 N–H and O–H groups in total. The highest BCUT2D eigenvalue weighted by molar-refractivity contribution is 5.93. The van der Waals surface area contributed by atoms with Gasteiger partial charge in [0.15, 0.2) is 0 Å². The van der Waals surface area contributed by atoms with Crippen LogP contribution in [-0.2, 0) is 29.0 Å². The van der Waals surface area contributed by atoms with Gasteiger partial charge in [0.25, 0.3) is 0 Å². The molecule has 2 aliphatic rings. The lowest BCUT2D eigenvalue weighted by Gasteiger charge is -2.30. The van der Waals surface area contributed by atoms with Gasteiger partial charge in [-0.2, -0.15) is 0 Å². The normalized spacial score (nSPS) is 18.3. The second-order valence-corrected chi connectivity index (χ2v) is 7.15. The van der Waals surface area contributed by atoms with Crippen LogP contribution in [0.2, 0.25) is 0 Å². The predicted octanol–water partition coefficient (Wildman–Crippen LogP) is 3.01. The van der Waals surface area contributed by atoms with Crippen LogP contribution in [0.1, 0.15) is 29.5 Å². The molecular weight excluding hydrogens is 326 g/mol. The first-order valence-electron chi connectivity index (χ1n) is 9.40. The van der Waals surface area contributed by atoms with E-state index in [1.807, 2.05) is 12.3 Å². The molecule has 0 aliphatic carbocycles. The Labute approximate surface area is 154 Å². The first-order chi connectivity index (χ1) is 12.8. The fourth-order valence-electron chi connectivity index (χ4n) is 3.83. The van der Waals surface area contributed by atoms with E-state index < -0.39 is 0 Å². The molecule has 5 nitrogen and oxygen atoms in total. The smallest absolute Gasteiger partial charge is 0.227 e. The molecular formula is C21H25N3O2.